The van der Waals surface area contributed by atoms with Crippen LogP contribution in [0, 0.1) is 17.0 Å². The Morgan fingerprint density at radius 3 is 2.36 bits per heavy atom. The number of halogens is 2. The number of nitrogens with zero attached hydrogens (tertiary/aromatic N) is 1. The second kappa shape index (κ2) is 5.64. The fraction of sp³-hybridized carbons (Fsp3) is 0.467. The second-order valence-electron chi connectivity index (χ2n) is 5.91. The average Bonchev–Trinajstić information content (AvgIpc) is 2.38. The Labute approximate surface area is 126 Å². The minimum atomic E-state index is -1.17. The first kappa shape index (κ1) is 16.4. The summed E-state index contributed by atoms with van der Waals surface area (Å²) in [6.07, 6.45) is -1.04. The number of rotatable bonds is 2. The van der Waals surface area contributed by atoms with Crippen LogP contribution in [0.5, 0.6) is 0 Å². The van der Waals surface area contributed by atoms with Gasteiger partial charge in [0.05, 0.1) is 17.6 Å². The van der Waals surface area contributed by atoms with E-state index >= 15 is 0 Å². The molecular formula is C15H17F2NO4. The van der Waals surface area contributed by atoms with Crippen LogP contribution in [-0.4, -0.2) is 28.2 Å². The molecule has 5 nitrogen and oxygen atoms in total. The van der Waals surface area contributed by atoms with Crippen LogP contribution in [0.4, 0.5) is 8.78 Å². The summed E-state index contributed by atoms with van der Waals surface area (Å²) in [6.45, 7) is 4.15. The number of benzene rings is 1. The molecule has 22 heavy (non-hydrogen) atoms. The Kier molecular flexibility index (Phi) is 4.19. The minimum absolute atomic E-state index is 0.00505. The molecule has 1 fully saturated rings. The minimum Gasteiger partial charge on any atom is -0.392 e. The molecule has 0 unspecified atom stereocenters. The van der Waals surface area contributed by atoms with Gasteiger partial charge in [0, 0.05) is 19.4 Å². The highest BCUT2D eigenvalue weighted by Gasteiger charge is 2.49. The summed E-state index contributed by atoms with van der Waals surface area (Å²) in [5.74, 6) is -2.99. The third-order valence-corrected chi connectivity index (χ3v) is 3.81. The number of carbonyl (C=O) groups is 2. The van der Waals surface area contributed by atoms with Crippen LogP contribution in [0.25, 0.3) is 0 Å². The Morgan fingerprint density at radius 1 is 1.32 bits per heavy atom. The number of hydroxylamine groups is 2. The van der Waals surface area contributed by atoms with Crippen LogP contribution >= 0.6 is 0 Å². The van der Waals surface area contributed by atoms with Crippen molar-refractivity contribution in [1.82, 2.24) is 5.06 Å². The third kappa shape index (κ3) is 2.94. The fourth-order valence-electron chi connectivity index (χ4n) is 2.45. The molecule has 1 heterocycles. The van der Waals surface area contributed by atoms with Gasteiger partial charge in [0.15, 0.2) is 0 Å². The molecule has 1 N–H and O–H groups in total. The number of aliphatic hydroxyl groups excluding tert-OH is 1. The zero-order chi connectivity index (χ0) is 16.7. The van der Waals surface area contributed by atoms with Crippen LogP contribution in [0.15, 0.2) is 18.2 Å². The highest BCUT2D eigenvalue weighted by Crippen LogP contribution is 2.41. The van der Waals surface area contributed by atoms with Gasteiger partial charge in [-0.15, -0.1) is 0 Å². The lowest BCUT2D eigenvalue weighted by Gasteiger charge is -2.43. The van der Waals surface area contributed by atoms with E-state index < -0.39 is 41.1 Å². The molecule has 1 aliphatic heterocycles. The van der Waals surface area contributed by atoms with Gasteiger partial charge < -0.3 is 9.94 Å². The van der Waals surface area contributed by atoms with Crippen molar-refractivity contribution in [1.29, 1.82) is 0 Å². The van der Waals surface area contributed by atoms with Crippen LogP contribution in [0.3, 0.4) is 0 Å². The first-order valence-electron chi connectivity index (χ1n) is 6.79. The molecule has 2 rings (SSSR count). The van der Waals surface area contributed by atoms with Gasteiger partial charge in [0.2, 0.25) is 0 Å². The molecule has 7 heteroatoms. The predicted octanol–water partition coefficient (Wildman–Crippen LogP) is 2.10. The van der Waals surface area contributed by atoms with E-state index in [2.05, 4.69) is 0 Å². The molecule has 0 bridgehead atoms. The molecule has 2 atom stereocenters. The summed E-state index contributed by atoms with van der Waals surface area (Å²) < 4.78 is 26.8. The first-order valence-corrected chi connectivity index (χ1v) is 6.79. The van der Waals surface area contributed by atoms with Gasteiger partial charge in [-0.1, -0.05) is 0 Å². The molecule has 1 saturated heterocycles. The topological polar surface area (TPSA) is 66.8 Å². The summed E-state index contributed by atoms with van der Waals surface area (Å²) in [5, 5.41) is 10.9. The smallest absolute Gasteiger partial charge is 0.329 e. The first-order chi connectivity index (χ1) is 10.1. The van der Waals surface area contributed by atoms with Gasteiger partial charge in [-0.2, -0.15) is 5.06 Å². The number of hydrogen-bond donors (Lipinski definition) is 1. The van der Waals surface area contributed by atoms with Crippen molar-refractivity contribution in [2.45, 2.75) is 39.3 Å². The average molecular weight is 313 g/mol. The Balaban J connectivity index is 2.46. The molecule has 0 radical (unpaired) electrons. The number of piperidine rings is 1. The number of aliphatic hydroxyl groups is 1. The van der Waals surface area contributed by atoms with Crippen molar-refractivity contribution < 1.29 is 28.3 Å². The largest absolute Gasteiger partial charge is 0.392 e. The molecule has 1 aromatic rings. The molecule has 0 aliphatic carbocycles. The van der Waals surface area contributed by atoms with E-state index in [1.807, 2.05) is 0 Å². The SMILES string of the molecule is CC(=O)ON1C(=O)C(C)(C)[C@H](O)C[C@@H]1c1cc(F)cc(F)c1. The Bertz CT molecular complexity index is 597. The molecule has 0 aromatic heterocycles. The van der Waals surface area contributed by atoms with Crippen molar-refractivity contribution in [3.05, 3.63) is 35.4 Å². The van der Waals surface area contributed by atoms with Gasteiger partial charge >= 0.3 is 5.97 Å². The van der Waals surface area contributed by atoms with Crippen molar-refractivity contribution in [3.63, 3.8) is 0 Å². The van der Waals surface area contributed by atoms with E-state index in [1.54, 1.807) is 0 Å². The summed E-state index contributed by atoms with van der Waals surface area (Å²) in [6, 6.07) is 1.83. The number of carbonyl (C=O) groups excluding carboxylic acids is 2. The van der Waals surface area contributed by atoms with Crippen molar-refractivity contribution in [3.8, 4) is 0 Å². The summed E-state index contributed by atoms with van der Waals surface area (Å²) in [5.41, 5.74) is -1.06. The molecule has 0 spiro atoms. The summed E-state index contributed by atoms with van der Waals surface area (Å²) >= 11 is 0. The van der Waals surface area contributed by atoms with E-state index in [9.17, 15) is 23.5 Å². The monoisotopic (exact) mass is 313 g/mol. The second-order valence-corrected chi connectivity index (χ2v) is 5.91. The van der Waals surface area contributed by atoms with E-state index in [0.29, 0.717) is 6.07 Å². The van der Waals surface area contributed by atoms with Crippen molar-refractivity contribution in [2.75, 3.05) is 0 Å². The van der Waals surface area contributed by atoms with E-state index in [0.717, 1.165) is 24.1 Å². The Morgan fingerprint density at radius 2 is 1.86 bits per heavy atom. The van der Waals surface area contributed by atoms with Gasteiger partial charge in [-0.05, 0) is 31.5 Å². The lowest BCUT2D eigenvalue weighted by atomic mass is 9.77. The molecule has 1 aliphatic rings. The lowest BCUT2D eigenvalue weighted by molar-refractivity contribution is -0.229. The fourth-order valence-corrected chi connectivity index (χ4v) is 2.45. The number of amides is 1. The Hall–Kier alpha value is -2.02. The third-order valence-electron chi connectivity index (χ3n) is 3.81. The number of hydrogen-bond acceptors (Lipinski definition) is 4. The maximum atomic E-state index is 13.4. The van der Waals surface area contributed by atoms with E-state index in [-0.39, 0.29) is 12.0 Å². The molecule has 0 saturated carbocycles. The maximum Gasteiger partial charge on any atom is 0.329 e. The highest BCUT2D eigenvalue weighted by atomic mass is 19.1. The quantitative estimate of drug-likeness (QED) is 0.908. The van der Waals surface area contributed by atoms with Crippen molar-refractivity contribution in [2.24, 2.45) is 5.41 Å². The van der Waals surface area contributed by atoms with E-state index in [1.165, 1.54) is 13.8 Å². The van der Waals surface area contributed by atoms with Crippen LogP contribution in [-0.2, 0) is 14.4 Å². The standard InChI is InChI=1S/C15H17F2NO4/c1-8(19)22-18-12(7-13(20)15(2,3)14(18)21)9-4-10(16)6-11(17)5-9/h4-6,12-13,20H,7H2,1-3H3/t12-,13-/m1/s1. The zero-order valence-corrected chi connectivity index (χ0v) is 12.5. The highest BCUT2D eigenvalue weighted by molar-refractivity contribution is 5.84. The molecule has 120 valence electrons. The van der Waals surface area contributed by atoms with Gasteiger partial charge in [0.25, 0.3) is 5.91 Å². The maximum absolute atomic E-state index is 13.4. The van der Waals surface area contributed by atoms with E-state index in [4.69, 9.17) is 4.84 Å². The van der Waals surface area contributed by atoms with Crippen LogP contribution < -0.4 is 0 Å². The zero-order valence-electron chi connectivity index (χ0n) is 12.5. The molecular weight excluding hydrogens is 296 g/mol. The van der Waals surface area contributed by atoms with Gasteiger partial charge in [-0.3, -0.25) is 9.59 Å². The molecule has 1 amide bonds. The molecule has 1 aromatic carbocycles. The van der Waals surface area contributed by atoms with Crippen LogP contribution in [0.1, 0.15) is 38.8 Å². The predicted molar refractivity (Wildman–Crippen MR) is 72.1 cm³/mol. The van der Waals surface area contributed by atoms with Gasteiger partial charge in [-0.25, -0.2) is 8.78 Å². The summed E-state index contributed by atoms with van der Waals surface area (Å²) in [4.78, 5) is 28.6. The van der Waals surface area contributed by atoms with Crippen LogP contribution in [0.2, 0.25) is 0 Å². The van der Waals surface area contributed by atoms with Gasteiger partial charge in [0.1, 0.15) is 11.6 Å². The van der Waals surface area contributed by atoms with Crippen molar-refractivity contribution >= 4 is 11.9 Å². The summed E-state index contributed by atoms with van der Waals surface area (Å²) in [7, 11) is 0. The normalized spacial score (nSPS) is 24.3. The lowest BCUT2D eigenvalue weighted by Crippen LogP contribution is -2.54.